The molecule has 1 unspecified atom stereocenters. The fourth-order valence-corrected chi connectivity index (χ4v) is 2.76. The molecule has 2 atom stereocenters. The third-order valence-electron chi connectivity index (χ3n) is 3.74. The number of carbonyl (C=O) groups is 1. The average Bonchev–Trinajstić information content (AvgIpc) is 2.70. The highest BCUT2D eigenvalue weighted by Crippen LogP contribution is 2.41. The van der Waals surface area contributed by atoms with E-state index < -0.39 is 36.0 Å². The van der Waals surface area contributed by atoms with Crippen LogP contribution in [-0.4, -0.2) is 35.9 Å². The number of primary amides is 1. The Bertz CT molecular complexity index is 436. The molecule has 1 heterocycles. The molecule has 1 fully saturated rings. The molecule has 1 rings (SSSR count). The molecule has 3 nitrogen and oxygen atoms in total. The number of likely N-dealkylation sites (tertiary alicyclic amines) is 1. The Morgan fingerprint density at radius 3 is 2.19 bits per heavy atom. The summed E-state index contributed by atoms with van der Waals surface area (Å²) in [6.45, 7) is 4.50. The van der Waals surface area contributed by atoms with Gasteiger partial charge in [0.25, 0.3) is 0 Å². The van der Waals surface area contributed by atoms with Crippen LogP contribution in [-0.2, 0) is 0 Å². The Labute approximate surface area is 120 Å². The number of rotatable bonds is 4. The van der Waals surface area contributed by atoms with Crippen LogP contribution in [0.25, 0.3) is 0 Å². The molecule has 8 heteroatoms. The molecule has 0 bridgehead atoms. The van der Waals surface area contributed by atoms with Crippen LogP contribution in [0.4, 0.5) is 26.7 Å². The molecule has 1 aliphatic heterocycles. The Balaban J connectivity index is 3.18. The predicted octanol–water partition coefficient (Wildman–Crippen LogP) is 3.56. The summed E-state index contributed by atoms with van der Waals surface area (Å²) in [5.74, 6) is -8.32. The largest absolute Gasteiger partial charge is 0.357 e. The van der Waals surface area contributed by atoms with E-state index >= 15 is 0 Å². The molecule has 1 aliphatic rings. The van der Waals surface area contributed by atoms with E-state index in [2.05, 4.69) is 0 Å². The number of halogens is 5. The number of allylic oxidation sites excluding steroid dienone is 1. The van der Waals surface area contributed by atoms with Gasteiger partial charge in [0.2, 0.25) is 0 Å². The highest BCUT2D eigenvalue weighted by atomic mass is 19.3. The van der Waals surface area contributed by atoms with E-state index in [0.717, 1.165) is 0 Å². The van der Waals surface area contributed by atoms with Crippen molar-refractivity contribution in [3.63, 3.8) is 0 Å². The number of alkyl halides is 4. The lowest BCUT2D eigenvalue weighted by atomic mass is 9.86. The van der Waals surface area contributed by atoms with Crippen LogP contribution >= 0.6 is 0 Å². The number of amides is 2. The molecule has 21 heavy (non-hydrogen) atoms. The van der Waals surface area contributed by atoms with Crippen molar-refractivity contribution in [2.75, 3.05) is 6.54 Å². The quantitative estimate of drug-likeness (QED) is 0.793. The molecular weight excluding hydrogens is 295 g/mol. The van der Waals surface area contributed by atoms with E-state index in [1.165, 1.54) is 18.7 Å². The van der Waals surface area contributed by atoms with Crippen LogP contribution in [0.3, 0.4) is 0 Å². The van der Waals surface area contributed by atoms with Gasteiger partial charge in [0, 0.05) is 18.5 Å². The maximum atomic E-state index is 14.0. The maximum Gasteiger partial charge on any atom is 0.357 e. The van der Waals surface area contributed by atoms with Crippen molar-refractivity contribution in [2.45, 2.75) is 45.6 Å². The molecule has 2 N–H and O–H groups in total. The van der Waals surface area contributed by atoms with E-state index in [-0.39, 0.29) is 24.6 Å². The van der Waals surface area contributed by atoms with Crippen LogP contribution < -0.4 is 5.73 Å². The average molecular weight is 314 g/mol. The fraction of sp³-hybridized carbons (Fsp3) is 0.769. The summed E-state index contributed by atoms with van der Waals surface area (Å²) >= 11 is 0. The van der Waals surface area contributed by atoms with Gasteiger partial charge in [0.15, 0.2) is 5.83 Å². The monoisotopic (exact) mass is 314 g/mol. The first-order chi connectivity index (χ1) is 9.50. The highest BCUT2D eigenvalue weighted by Gasteiger charge is 2.49. The number of nitrogens with two attached hydrogens (primary N) is 1. The normalized spacial score (nSPS) is 24.8. The Hall–Kier alpha value is -1.34. The van der Waals surface area contributed by atoms with Crippen LogP contribution in [0.2, 0.25) is 0 Å². The number of nitrogens with zero attached hydrogens (tertiary/aromatic N) is 1. The SMILES string of the molecule is CC(C)C(=C(F)C(F)(F)C(F)F)C1C[C@@H](C)N(C(N)=O)C1. The molecule has 0 aromatic carbocycles. The topological polar surface area (TPSA) is 46.3 Å². The molecule has 0 spiro atoms. The molecule has 122 valence electrons. The summed E-state index contributed by atoms with van der Waals surface area (Å²) in [5.41, 5.74) is 4.78. The van der Waals surface area contributed by atoms with E-state index in [0.29, 0.717) is 0 Å². The summed E-state index contributed by atoms with van der Waals surface area (Å²) in [7, 11) is 0. The molecule has 0 radical (unpaired) electrons. The van der Waals surface area contributed by atoms with Crippen LogP contribution in [0.5, 0.6) is 0 Å². The highest BCUT2D eigenvalue weighted by molar-refractivity contribution is 5.72. The first kappa shape index (κ1) is 17.7. The molecule has 0 aliphatic carbocycles. The lowest BCUT2D eigenvalue weighted by Gasteiger charge is -2.24. The predicted molar refractivity (Wildman–Crippen MR) is 67.8 cm³/mol. The van der Waals surface area contributed by atoms with Crippen molar-refractivity contribution in [1.82, 2.24) is 4.90 Å². The minimum Gasteiger partial charge on any atom is -0.351 e. The Morgan fingerprint density at radius 1 is 1.33 bits per heavy atom. The van der Waals surface area contributed by atoms with Gasteiger partial charge in [-0.1, -0.05) is 13.8 Å². The molecule has 2 amide bonds. The van der Waals surface area contributed by atoms with E-state index in [1.807, 2.05) is 0 Å². The van der Waals surface area contributed by atoms with Crippen molar-refractivity contribution < 1.29 is 26.7 Å². The second-order valence-corrected chi connectivity index (χ2v) is 5.62. The second kappa shape index (κ2) is 6.19. The Kier molecular flexibility index (Phi) is 5.22. The maximum absolute atomic E-state index is 14.0. The summed E-state index contributed by atoms with van der Waals surface area (Å²) in [6, 6.07) is -1.09. The van der Waals surface area contributed by atoms with Gasteiger partial charge in [0.1, 0.15) is 0 Å². The third-order valence-corrected chi connectivity index (χ3v) is 3.74. The lowest BCUT2D eigenvalue weighted by molar-refractivity contribution is -0.114. The first-order valence-corrected chi connectivity index (χ1v) is 6.62. The fourth-order valence-electron chi connectivity index (χ4n) is 2.76. The van der Waals surface area contributed by atoms with Crippen LogP contribution in [0.1, 0.15) is 27.2 Å². The Morgan fingerprint density at radius 2 is 1.86 bits per heavy atom. The van der Waals surface area contributed by atoms with Gasteiger partial charge in [-0.15, -0.1) is 0 Å². The van der Waals surface area contributed by atoms with Crippen molar-refractivity contribution in [1.29, 1.82) is 0 Å². The summed E-state index contributed by atoms with van der Waals surface area (Å²) in [6.07, 6.45) is -3.90. The number of hydrogen-bond donors (Lipinski definition) is 1. The summed E-state index contributed by atoms with van der Waals surface area (Å²) < 4.78 is 65.2. The molecular formula is C13H19F5N2O. The summed E-state index contributed by atoms with van der Waals surface area (Å²) in [5, 5.41) is 0. The van der Waals surface area contributed by atoms with Gasteiger partial charge in [-0.05, 0) is 24.8 Å². The molecule has 0 saturated carbocycles. The molecule has 0 aromatic heterocycles. The van der Waals surface area contributed by atoms with E-state index in [1.54, 1.807) is 6.92 Å². The van der Waals surface area contributed by atoms with Gasteiger partial charge in [-0.2, -0.15) is 8.78 Å². The van der Waals surface area contributed by atoms with Gasteiger partial charge in [0.05, 0.1) is 0 Å². The standard InChI is InChI=1S/C13H19F5N2O/c1-6(2)9(10(14)13(17,18)11(15)16)8-4-7(3)20(5-8)12(19)21/h6-8,11H,4-5H2,1-3H3,(H2,19,21)/t7-,8?/m1/s1. The van der Waals surface area contributed by atoms with Gasteiger partial charge in [-0.25, -0.2) is 18.0 Å². The second-order valence-electron chi connectivity index (χ2n) is 5.62. The zero-order chi connectivity index (χ0) is 16.5. The van der Waals surface area contributed by atoms with Gasteiger partial charge in [-0.3, -0.25) is 0 Å². The van der Waals surface area contributed by atoms with Gasteiger partial charge < -0.3 is 10.6 Å². The van der Waals surface area contributed by atoms with Crippen LogP contribution in [0.15, 0.2) is 11.4 Å². The molecule has 1 saturated heterocycles. The minimum absolute atomic E-state index is 0.0449. The summed E-state index contributed by atoms with van der Waals surface area (Å²) in [4.78, 5) is 12.4. The third kappa shape index (κ3) is 3.47. The van der Waals surface area contributed by atoms with Crippen molar-refractivity contribution >= 4 is 6.03 Å². The van der Waals surface area contributed by atoms with Crippen LogP contribution in [0, 0.1) is 11.8 Å². The minimum atomic E-state index is -4.82. The first-order valence-electron chi connectivity index (χ1n) is 6.62. The molecule has 0 aromatic rings. The van der Waals surface area contributed by atoms with E-state index in [9.17, 15) is 26.7 Å². The smallest absolute Gasteiger partial charge is 0.351 e. The zero-order valence-corrected chi connectivity index (χ0v) is 12.0. The number of urea groups is 1. The number of hydrogen-bond acceptors (Lipinski definition) is 1. The van der Waals surface area contributed by atoms with E-state index in [4.69, 9.17) is 5.73 Å². The van der Waals surface area contributed by atoms with Crippen molar-refractivity contribution in [3.05, 3.63) is 11.4 Å². The van der Waals surface area contributed by atoms with Gasteiger partial charge >= 0.3 is 18.4 Å². The lowest BCUT2D eigenvalue weighted by Crippen LogP contribution is -2.38. The van der Waals surface area contributed by atoms with Crippen molar-refractivity contribution in [3.8, 4) is 0 Å². The number of carbonyl (C=O) groups excluding carboxylic acids is 1. The van der Waals surface area contributed by atoms with Crippen molar-refractivity contribution in [2.24, 2.45) is 17.6 Å². The zero-order valence-electron chi connectivity index (χ0n) is 12.0.